The van der Waals surface area contributed by atoms with Crippen LogP contribution < -0.4 is 0 Å². The molecule has 6 nitrogen and oxygen atoms in total. The van der Waals surface area contributed by atoms with E-state index in [9.17, 15) is 5.11 Å². The molecule has 1 aliphatic heterocycles. The second-order valence-electron chi connectivity index (χ2n) is 10.3. The first-order valence-electron chi connectivity index (χ1n) is 13.1. The molecule has 1 N–H and O–H groups in total. The Kier molecular flexibility index (Phi) is 7.93. The van der Waals surface area contributed by atoms with E-state index in [2.05, 4.69) is 93.0 Å². The van der Waals surface area contributed by atoms with Gasteiger partial charge in [-0.05, 0) is 77.7 Å². The monoisotopic (exact) mass is 518 g/mol. The van der Waals surface area contributed by atoms with E-state index in [-0.39, 0.29) is 30.9 Å². The molecular weight excluding hydrogens is 483 g/mol. The maximum absolute atomic E-state index is 10.2. The summed E-state index contributed by atoms with van der Waals surface area (Å²) in [6.45, 7) is 8.66. The highest BCUT2D eigenvalue weighted by Crippen LogP contribution is 2.50. The Bertz CT molecular complexity index is 1330. The smallest absolute Gasteiger partial charge is 0.259 e. The van der Waals surface area contributed by atoms with Crippen LogP contribution in [0.2, 0.25) is 0 Å². The number of hydrogen-bond donors (Lipinski definition) is 1. The molecule has 1 heterocycles. The minimum atomic E-state index is -1.42. The summed E-state index contributed by atoms with van der Waals surface area (Å²) in [6.07, 6.45) is -0.00556. The van der Waals surface area contributed by atoms with Crippen LogP contribution in [-0.4, -0.2) is 47.3 Å². The van der Waals surface area contributed by atoms with Gasteiger partial charge in [-0.1, -0.05) is 42.5 Å². The van der Waals surface area contributed by atoms with Crippen LogP contribution in [0.1, 0.15) is 52.2 Å². The number of benzene rings is 4. The number of aliphatic hydroxyl groups excluding tert-OH is 1. The fourth-order valence-electron chi connectivity index (χ4n) is 5.58. The average molecular weight is 519 g/mol. The predicted molar refractivity (Wildman–Crippen MR) is 150 cm³/mol. The second-order valence-corrected chi connectivity index (χ2v) is 11.7. The van der Waals surface area contributed by atoms with Gasteiger partial charge < -0.3 is 18.9 Å². The van der Waals surface area contributed by atoms with Gasteiger partial charge in [0.1, 0.15) is 6.10 Å². The molecule has 0 bridgehead atoms. The third kappa shape index (κ3) is 5.18. The summed E-state index contributed by atoms with van der Waals surface area (Å²) >= 11 is 0. The lowest BCUT2D eigenvalue weighted by Gasteiger charge is -2.37. The Morgan fingerprint density at radius 1 is 1.00 bits per heavy atom. The highest BCUT2D eigenvalue weighted by Gasteiger charge is 2.40. The van der Waals surface area contributed by atoms with Gasteiger partial charge in [0.25, 0.3) is 8.53 Å². The zero-order valence-electron chi connectivity index (χ0n) is 21.9. The van der Waals surface area contributed by atoms with Gasteiger partial charge in [0.15, 0.2) is 0 Å². The Hall–Kier alpha value is -2.36. The van der Waals surface area contributed by atoms with Crippen molar-refractivity contribution in [2.24, 2.45) is 0 Å². The fraction of sp³-hybridized carbons (Fsp3) is 0.433. The summed E-state index contributed by atoms with van der Waals surface area (Å²) in [5, 5.41) is 26.6. The average Bonchev–Trinajstić information content (AvgIpc) is 3.29. The summed E-state index contributed by atoms with van der Waals surface area (Å²) in [6, 6.07) is 22.2. The van der Waals surface area contributed by atoms with E-state index in [1.54, 1.807) is 0 Å². The Morgan fingerprint density at radius 2 is 1.59 bits per heavy atom. The van der Waals surface area contributed by atoms with Crippen molar-refractivity contribution in [3.8, 4) is 6.07 Å². The minimum Gasteiger partial charge on any atom is -0.394 e. The van der Waals surface area contributed by atoms with Crippen LogP contribution in [0.4, 0.5) is 0 Å². The molecule has 0 spiro atoms. The molecule has 37 heavy (non-hydrogen) atoms. The first kappa shape index (κ1) is 26.3. The van der Waals surface area contributed by atoms with E-state index in [0.29, 0.717) is 19.4 Å². The van der Waals surface area contributed by atoms with E-state index >= 15 is 0 Å². The lowest BCUT2D eigenvalue weighted by molar-refractivity contribution is -0.0199. The summed E-state index contributed by atoms with van der Waals surface area (Å²) in [5.74, 6) is 0. The third-order valence-electron chi connectivity index (χ3n) is 7.13. The first-order valence-corrected chi connectivity index (χ1v) is 14.2. The fourth-order valence-corrected chi connectivity index (χ4v) is 7.34. The third-order valence-corrected chi connectivity index (χ3v) is 9.28. The lowest BCUT2D eigenvalue weighted by Crippen LogP contribution is -2.36. The van der Waals surface area contributed by atoms with Crippen LogP contribution in [-0.2, 0) is 13.8 Å². The van der Waals surface area contributed by atoms with Crippen LogP contribution in [0.25, 0.3) is 32.3 Å². The summed E-state index contributed by atoms with van der Waals surface area (Å²) in [7, 11) is -1.42. The van der Waals surface area contributed by atoms with Gasteiger partial charge >= 0.3 is 0 Å². The molecule has 0 saturated carbocycles. The molecule has 1 saturated heterocycles. The van der Waals surface area contributed by atoms with Crippen LogP contribution in [0.15, 0.2) is 54.6 Å². The zero-order chi connectivity index (χ0) is 26.1. The summed E-state index contributed by atoms with van der Waals surface area (Å²) in [5.41, 5.74) is 1.09. The molecule has 4 atom stereocenters. The molecule has 194 valence electrons. The second kappa shape index (κ2) is 11.2. The number of rotatable bonds is 10. The molecule has 4 aromatic carbocycles. The SMILES string of the molecule is CC(C)N(C(C)C)P(OCCC#N)O[C@H]1C[C@H](c2cc3ccc4cccc5ccc(c2)c3c45)O[C@@H]1CO. The van der Waals surface area contributed by atoms with E-state index in [1.807, 2.05) is 0 Å². The van der Waals surface area contributed by atoms with Crippen molar-refractivity contribution in [1.82, 2.24) is 4.67 Å². The van der Waals surface area contributed by atoms with Gasteiger partial charge in [-0.3, -0.25) is 0 Å². The van der Waals surface area contributed by atoms with Crippen molar-refractivity contribution < 1.29 is 18.9 Å². The number of nitriles is 1. The Labute approximate surface area is 220 Å². The van der Waals surface area contributed by atoms with Crippen molar-refractivity contribution in [2.75, 3.05) is 13.2 Å². The highest BCUT2D eigenvalue weighted by molar-refractivity contribution is 7.44. The summed E-state index contributed by atoms with van der Waals surface area (Å²) in [4.78, 5) is 0. The van der Waals surface area contributed by atoms with Crippen molar-refractivity contribution in [2.45, 2.75) is 70.9 Å². The molecule has 7 heteroatoms. The Balaban J connectivity index is 1.43. The van der Waals surface area contributed by atoms with Crippen molar-refractivity contribution in [1.29, 1.82) is 5.26 Å². The van der Waals surface area contributed by atoms with Gasteiger partial charge in [0.05, 0.1) is 37.9 Å². The van der Waals surface area contributed by atoms with E-state index < -0.39 is 14.6 Å². The molecule has 0 aromatic heterocycles. The van der Waals surface area contributed by atoms with E-state index in [1.165, 1.54) is 32.3 Å². The lowest BCUT2D eigenvalue weighted by atomic mass is 9.91. The van der Waals surface area contributed by atoms with Gasteiger partial charge in [-0.15, -0.1) is 0 Å². The zero-order valence-corrected chi connectivity index (χ0v) is 22.8. The molecule has 0 radical (unpaired) electrons. The number of hydrogen-bond acceptors (Lipinski definition) is 6. The molecule has 1 unspecified atom stereocenters. The van der Waals surface area contributed by atoms with Crippen LogP contribution >= 0.6 is 8.53 Å². The minimum absolute atomic E-state index is 0.125. The quantitative estimate of drug-likeness (QED) is 0.138. The molecule has 5 rings (SSSR count). The first-order chi connectivity index (χ1) is 17.9. The van der Waals surface area contributed by atoms with Crippen LogP contribution in [0, 0.1) is 11.3 Å². The van der Waals surface area contributed by atoms with Crippen molar-refractivity contribution in [3.63, 3.8) is 0 Å². The van der Waals surface area contributed by atoms with Crippen LogP contribution in [0.3, 0.4) is 0 Å². The normalized spacial score (nSPS) is 21.2. The highest BCUT2D eigenvalue weighted by atomic mass is 31.2. The number of aliphatic hydroxyl groups is 1. The van der Waals surface area contributed by atoms with Gasteiger partial charge in [-0.2, -0.15) is 5.26 Å². The van der Waals surface area contributed by atoms with E-state index in [4.69, 9.17) is 19.0 Å². The number of nitrogens with zero attached hydrogens (tertiary/aromatic N) is 2. The number of ether oxygens (including phenoxy) is 1. The standard InChI is InChI=1S/C30H35N2O4P/c1-19(2)32(20(3)4)37(34-14-6-13-31)36-27-17-26(35-28(27)18-33)25-15-23-11-9-21-7-5-8-22-10-12-24(16-25)30(23)29(21)22/h5,7-12,15-16,19-20,26-28,33H,6,14,17-18H2,1-4H3/t26-,27+,28-,37?/m1/s1. The molecule has 0 aliphatic carbocycles. The molecule has 4 aromatic rings. The van der Waals surface area contributed by atoms with Crippen LogP contribution in [0.5, 0.6) is 0 Å². The molecule has 1 aliphatic rings. The van der Waals surface area contributed by atoms with Crippen molar-refractivity contribution in [3.05, 3.63) is 60.2 Å². The largest absolute Gasteiger partial charge is 0.394 e. The molecular formula is C30H35N2O4P. The maximum atomic E-state index is 10.2. The Morgan fingerprint density at radius 3 is 2.16 bits per heavy atom. The molecule has 0 amide bonds. The van der Waals surface area contributed by atoms with Gasteiger partial charge in [0, 0.05) is 18.5 Å². The molecule has 1 fully saturated rings. The van der Waals surface area contributed by atoms with Gasteiger partial charge in [-0.25, -0.2) is 4.67 Å². The van der Waals surface area contributed by atoms with Gasteiger partial charge in [0.2, 0.25) is 0 Å². The predicted octanol–water partition coefficient (Wildman–Crippen LogP) is 7.07. The summed E-state index contributed by atoms with van der Waals surface area (Å²) < 4.78 is 21.3. The van der Waals surface area contributed by atoms with E-state index in [0.717, 1.165) is 5.56 Å². The maximum Gasteiger partial charge on any atom is 0.259 e. The van der Waals surface area contributed by atoms with Crippen molar-refractivity contribution >= 4 is 40.8 Å². The topological polar surface area (TPSA) is 75.0 Å².